The molecule has 116 valence electrons. The minimum atomic E-state index is -0.0908. The van der Waals surface area contributed by atoms with Crippen molar-refractivity contribution in [3.05, 3.63) is 59.1 Å². The number of halogens is 1. The van der Waals surface area contributed by atoms with Gasteiger partial charge in [-0.15, -0.1) is 0 Å². The fourth-order valence-electron chi connectivity index (χ4n) is 2.00. The summed E-state index contributed by atoms with van der Waals surface area (Å²) in [6.45, 7) is 1.41. The molecule has 0 atom stereocenters. The molecule has 4 nitrogen and oxygen atoms in total. The third-order valence-electron chi connectivity index (χ3n) is 3.12. The van der Waals surface area contributed by atoms with Gasteiger partial charge in [0.25, 0.3) is 5.91 Å². The van der Waals surface area contributed by atoms with E-state index in [1.807, 2.05) is 61.5 Å². The number of nitrogens with one attached hydrogen (secondary N) is 2. The Morgan fingerprint density at radius 3 is 2.64 bits per heavy atom. The number of anilines is 2. The van der Waals surface area contributed by atoms with Crippen molar-refractivity contribution in [3.8, 4) is 0 Å². The summed E-state index contributed by atoms with van der Waals surface area (Å²) in [5, 5.41) is 6.81. The van der Waals surface area contributed by atoms with Crippen molar-refractivity contribution < 1.29 is 4.79 Å². The van der Waals surface area contributed by atoms with Gasteiger partial charge >= 0.3 is 0 Å². The average molecular weight is 318 g/mol. The molecule has 2 N–H and O–H groups in total. The highest BCUT2D eigenvalue weighted by Crippen LogP contribution is 2.23. The van der Waals surface area contributed by atoms with Crippen LogP contribution in [0.15, 0.2) is 48.5 Å². The Bertz CT molecular complexity index is 643. The molecule has 2 rings (SSSR count). The topological polar surface area (TPSA) is 44.4 Å². The van der Waals surface area contributed by atoms with Crippen LogP contribution in [-0.2, 0) is 0 Å². The molecule has 0 bridgehead atoms. The van der Waals surface area contributed by atoms with Gasteiger partial charge in [-0.2, -0.15) is 0 Å². The second-order valence-electron chi connectivity index (χ2n) is 5.24. The van der Waals surface area contributed by atoms with Gasteiger partial charge in [-0.05, 0) is 44.4 Å². The number of para-hydroxylation sites is 1. The molecule has 0 radical (unpaired) electrons. The van der Waals surface area contributed by atoms with E-state index in [2.05, 4.69) is 10.6 Å². The SMILES string of the molecule is CN(C)CCNC(=O)c1ccccc1Nc1cccc(Cl)c1. The molecule has 0 aliphatic heterocycles. The summed E-state index contributed by atoms with van der Waals surface area (Å²) in [5.41, 5.74) is 2.22. The highest BCUT2D eigenvalue weighted by molar-refractivity contribution is 6.30. The van der Waals surface area contributed by atoms with Crippen LogP contribution < -0.4 is 10.6 Å². The van der Waals surface area contributed by atoms with Crippen LogP contribution in [0.4, 0.5) is 11.4 Å². The molecular weight excluding hydrogens is 298 g/mol. The van der Waals surface area contributed by atoms with Crippen molar-refractivity contribution in [2.75, 3.05) is 32.5 Å². The maximum absolute atomic E-state index is 12.3. The normalized spacial score (nSPS) is 10.5. The minimum absolute atomic E-state index is 0.0908. The molecule has 2 aromatic rings. The Kier molecular flexibility index (Phi) is 5.81. The van der Waals surface area contributed by atoms with E-state index in [-0.39, 0.29) is 5.91 Å². The third-order valence-corrected chi connectivity index (χ3v) is 3.35. The lowest BCUT2D eigenvalue weighted by atomic mass is 10.1. The molecule has 0 unspecified atom stereocenters. The number of hydrogen-bond acceptors (Lipinski definition) is 3. The number of amides is 1. The molecule has 0 saturated heterocycles. The molecule has 0 aliphatic carbocycles. The van der Waals surface area contributed by atoms with Gasteiger partial charge in [-0.3, -0.25) is 4.79 Å². The molecule has 5 heteroatoms. The maximum atomic E-state index is 12.3. The zero-order chi connectivity index (χ0) is 15.9. The van der Waals surface area contributed by atoms with E-state index in [1.54, 1.807) is 6.07 Å². The largest absolute Gasteiger partial charge is 0.355 e. The molecule has 0 fully saturated rings. The van der Waals surface area contributed by atoms with Crippen molar-refractivity contribution in [1.29, 1.82) is 0 Å². The quantitative estimate of drug-likeness (QED) is 0.858. The summed E-state index contributed by atoms with van der Waals surface area (Å²) < 4.78 is 0. The molecule has 0 aromatic heterocycles. The van der Waals surface area contributed by atoms with Gasteiger partial charge in [0.1, 0.15) is 0 Å². The maximum Gasteiger partial charge on any atom is 0.253 e. The van der Waals surface area contributed by atoms with Crippen LogP contribution in [0.2, 0.25) is 5.02 Å². The minimum Gasteiger partial charge on any atom is -0.355 e. The standard InChI is InChI=1S/C17H20ClN3O/c1-21(2)11-10-19-17(22)15-8-3-4-9-16(15)20-14-7-5-6-13(18)12-14/h3-9,12,20H,10-11H2,1-2H3,(H,19,22). The zero-order valence-electron chi connectivity index (χ0n) is 12.8. The molecule has 0 saturated carbocycles. The van der Waals surface area contributed by atoms with Gasteiger partial charge in [0, 0.05) is 23.8 Å². The van der Waals surface area contributed by atoms with Gasteiger partial charge in [-0.1, -0.05) is 29.8 Å². The smallest absolute Gasteiger partial charge is 0.253 e. The van der Waals surface area contributed by atoms with E-state index in [0.29, 0.717) is 17.1 Å². The molecule has 2 aromatic carbocycles. The number of likely N-dealkylation sites (N-methyl/N-ethyl adjacent to an activating group) is 1. The first kappa shape index (κ1) is 16.3. The Labute approximate surface area is 136 Å². The van der Waals surface area contributed by atoms with Crippen molar-refractivity contribution in [2.24, 2.45) is 0 Å². The highest BCUT2D eigenvalue weighted by atomic mass is 35.5. The van der Waals surface area contributed by atoms with E-state index in [4.69, 9.17) is 11.6 Å². The summed E-state index contributed by atoms with van der Waals surface area (Å²) in [5.74, 6) is -0.0908. The van der Waals surface area contributed by atoms with E-state index in [9.17, 15) is 4.79 Å². The lowest BCUT2D eigenvalue weighted by Crippen LogP contribution is -2.31. The Hall–Kier alpha value is -2.04. The van der Waals surface area contributed by atoms with Gasteiger partial charge < -0.3 is 15.5 Å². The van der Waals surface area contributed by atoms with Gasteiger partial charge in [0.15, 0.2) is 0 Å². The molecule has 22 heavy (non-hydrogen) atoms. The molecule has 1 amide bonds. The predicted octanol–water partition coefficient (Wildman–Crippen LogP) is 3.38. The number of hydrogen-bond donors (Lipinski definition) is 2. The number of benzene rings is 2. The van der Waals surface area contributed by atoms with Crippen LogP contribution in [0.1, 0.15) is 10.4 Å². The van der Waals surface area contributed by atoms with Crippen LogP contribution in [0, 0.1) is 0 Å². The molecular formula is C17H20ClN3O. The third kappa shape index (κ3) is 4.76. The summed E-state index contributed by atoms with van der Waals surface area (Å²) in [6, 6.07) is 14.8. The molecule has 0 heterocycles. The van der Waals surface area contributed by atoms with Gasteiger partial charge in [0.2, 0.25) is 0 Å². The molecule has 0 aliphatic rings. The fraction of sp³-hybridized carbons (Fsp3) is 0.235. The first-order valence-corrected chi connectivity index (χ1v) is 7.48. The number of carbonyl (C=O) groups excluding carboxylic acids is 1. The van der Waals surface area contributed by atoms with Crippen molar-refractivity contribution >= 4 is 28.9 Å². The van der Waals surface area contributed by atoms with E-state index < -0.39 is 0 Å². The van der Waals surface area contributed by atoms with E-state index in [0.717, 1.165) is 17.9 Å². The number of carbonyl (C=O) groups is 1. The summed E-state index contributed by atoms with van der Waals surface area (Å²) in [6.07, 6.45) is 0. The van der Waals surface area contributed by atoms with Crippen molar-refractivity contribution in [2.45, 2.75) is 0 Å². The van der Waals surface area contributed by atoms with Crippen LogP contribution in [-0.4, -0.2) is 38.0 Å². The summed E-state index contributed by atoms with van der Waals surface area (Å²) in [7, 11) is 3.95. The van der Waals surface area contributed by atoms with Crippen LogP contribution in [0.3, 0.4) is 0 Å². The lowest BCUT2D eigenvalue weighted by molar-refractivity contribution is 0.0952. The lowest BCUT2D eigenvalue weighted by Gasteiger charge is -2.14. The van der Waals surface area contributed by atoms with Gasteiger partial charge in [0.05, 0.1) is 11.3 Å². The average Bonchev–Trinajstić information content (AvgIpc) is 2.47. The zero-order valence-corrected chi connectivity index (χ0v) is 13.5. The second kappa shape index (κ2) is 7.82. The fourth-order valence-corrected chi connectivity index (χ4v) is 2.19. The monoisotopic (exact) mass is 317 g/mol. The van der Waals surface area contributed by atoms with Crippen LogP contribution in [0.5, 0.6) is 0 Å². The number of rotatable bonds is 6. The number of nitrogens with zero attached hydrogens (tertiary/aromatic N) is 1. The van der Waals surface area contributed by atoms with Crippen molar-refractivity contribution in [1.82, 2.24) is 10.2 Å². The van der Waals surface area contributed by atoms with Crippen LogP contribution >= 0.6 is 11.6 Å². The molecule has 0 spiro atoms. The first-order chi connectivity index (χ1) is 10.6. The van der Waals surface area contributed by atoms with Crippen LogP contribution in [0.25, 0.3) is 0 Å². The first-order valence-electron chi connectivity index (χ1n) is 7.11. The van der Waals surface area contributed by atoms with Crippen molar-refractivity contribution in [3.63, 3.8) is 0 Å². The summed E-state index contributed by atoms with van der Waals surface area (Å²) >= 11 is 5.99. The van der Waals surface area contributed by atoms with E-state index >= 15 is 0 Å². The predicted molar refractivity (Wildman–Crippen MR) is 92.1 cm³/mol. The Morgan fingerprint density at radius 1 is 1.14 bits per heavy atom. The van der Waals surface area contributed by atoms with Gasteiger partial charge in [-0.25, -0.2) is 0 Å². The Balaban J connectivity index is 2.11. The second-order valence-corrected chi connectivity index (χ2v) is 5.68. The van der Waals surface area contributed by atoms with E-state index in [1.165, 1.54) is 0 Å². The Morgan fingerprint density at radius 2 is 1.91 bits per heavy atom. The summed E-state index contributed by atoms with van der Waals surface area (Å²) in [4.78, 5) is 14.3. The highest BCUT2D eigenvalue weighted by Gasteiger charge is 2.10.